The zero-order chi connectivity index (χ0) is 6.78. The number of rotatable bonds is 1. The van der Waals surface area contributed by atoms with Crippen molar-refractivity contribution >= 4 is 0 Å². The van der Waals surface area contributed by atoms with Gasteiger partial charge in [-0.1, -0.05) is 0 Å². The van der Waals surface area contributed by atoms with Gasteiger partial charge < -0.3 is 0 Å². The molecule has 0 heterocycles. The van der Waals surface area contributed by atoms with E-state index in [0.29, 0.717) is 0 Å². The molecule has 0 saturated heterocycles. The third kappa shape index (κ3) is 5.88. The molecule has 3 N–H and O–H groups in total. The van der Waals surface area contributed by atoms with Crippen molar-refractivity contribution < 1.29 is 0 Å². The molecule has 0 aliphatic rings. The molecule has 0 amide bonds. The van der Waals surface area contributed by atoms with E-state index < -0.39 is 0 Å². The lowest BCUT2D eigenvalue weighted by Gasteiger charge is -2.24. The molecule has 0 radical (unpaired) electrons. The molecule has 0 saturated carbocycles. The molecule has 50 valence electrons. The molecule has 3 nitrogen and oxygen atoms in total. The highest BCUT2D eigenvalue weighted by atomic mass is 15.7. The van der Waals surface area contributed by atoms with Crippen molar-refractivity contribution in [3.05, 3.63) is 0 Å². The summed E-state index contributed by atoms with van der Waals surface area (Å²) in [6, 6.07) is 0. The van der Waals surface area contributed by atoms with E-state index in [4.69, 9.17) is 5.84 Å². The van der Waals surface area contributed by atoms with Gasteiger partial charge in [-0.3, -0.25) is 5.84 Å². The highest BCUT2D eigenvalue weighted by molar-refractivity contribution is 4.65. The van der Waals surface area contributed by atoms with Gasteiger partial charge in [0.1, 0.15) is 0 Å². The van der Waals surface area contributed by atoms with Gasteiger partial charge in [-0.05, 0) is 20.8 Å². The summed E-state index contributed by atoms with van der Waals surface area (Å²) in [6.45, 7) is 6.16. The van der Waals surface area contributed by atoms with E-state index >= 15 is 0 Å². The van der Waals surface area contributed by atoms with E-state index in [0.717, 1.165) is 0 Å². The third-order valence-electron chi connectivity index (χ3n) is 0.512. The van der Waals surface area contributed by atoms with E-state index in [2.05, 4.69) is 26.2 Å². The molecule has 3 heteroatoms. The van der Waals surface area contributed by atoms with Crippen molar-refractivity contribution in [3.63, 3.8) is 0 Å². The fourth-order valence-electron chi connectivity index (χ4n) is 0.529. The molecule has 0 aromatic carbocycles. The van der Waals surface area contributed by atoms with Crippen molar-refractivity contribution in [2.45, 2.75) is 26.3 Å². The van der Waals surface area contributed by atoms with Crippen LogP contribution in [0.1, 0.15) is 20.8 Å². The number of nitrogens with one attached hydrogen (secondary N) is 1. The van der Waals surface area contributed by atoms with Crippen LogP contribution in [-0.4, -0.2) is 17.7 Å². The Kier molecular flexibility index (Phi) is 2.40. The minimum Gasteiger partial charge on any atom is -0.255 e. The van der Waals surface area contributed by atoms with Crippen LogP contribution in [0.4, 0.5) is 0 Å². The average molecular weight is 117 g/mol. The van der Waals surface area contributed by atoms with Crippen molar-refractivity contribution in [2.24, 2.45) is 5.84 Å². The number of nitrogens with zero attached hydrogens (tertiary/aromatic N) is 1. The first-order valence-corrected chi connectivity index (χ1v) is 2.68. The van der Waals surface area contributed by atoms with Crippen LogP contribution in [0.25, 0.3) is 0 Å². The molecule has 0 aliphatic carbocycles. The molecule has 0 spiro atoms. The van der Waals surface area contributed by atoms with Crippen LogP contribution in [0.15, 0.2) is 0 Å². The van der Waals surface area contributed by atoms with Crippen LogP contribution in [0, 0.1) is 0 Å². The predicted molar refractivity (Wildman–Crippen MR) is 34.8 cm³/mol. The number of hydrazine groups is 2. The number of hydrogen-bond acceptors (Lipinski definition) is 3. The Morgan fingerprint density at radius 1 is 1.38 bits per heavy atom. The van der Waals surface area contributed by atoms with Gasteiger partial charge in [0.25, 0.3) is 0 Å². The minimum atomic E-state index is 0.0729. The van der Waals surface area contributed by atoms with Crippen LogP contribution >= 0.6 is 0 Å². The summed E-state index contributed by atoms with van der Waals surface area (Å²) in [5, 5.41) is 1.46. The molecule has 0 unspecified atom stereocenters. The van der Waals surface area contributed by atoms with Gasteiger partial charge in [0, 0.05) is 12.6 Å². The maximum Gasteiger partial charge on any atom is 0.0254 e. The smallest absolute Gasteiger partial charge is 0.0254 e. The lowest BCUT2D eigenvalue weighted by atomic mass is 10.1. The molecule has 0 aromatic heterocycles. The van der Waals surface area contributed by atoms with Gasteiger partial charge in [0.2, 0.25) is 0 Å². The molecule has 0 fully saturated rings. The summed E-state index contributed by atoms with van der Waals surface area (Å²) >= 11 is 0. The van der Waals surface area contributed by atoms with Crippen molar-refractivity contribution in [1.82, 2.24) is 10.5 Å². The van der Waals surface area contributed by atoms with Crippen molar-refractivity contribution in [3.8, 4) is 0 Å². The van der Waals surface area contributed by atoms with Crippen LogP contribution in [-0.2, 0) is 0 Å². The van der Waals surface area contributed by atoms with Gasteiger partial charge >= 0.3 is 0 Å². The van der Waals surface area contributed by atoms with Gasteiger partial charge in [-0.25, -0.2) is 5.43 Å². The Labute approximate surface area is 50.8 Å². The van der Waals surface area contributed by atoms with E-state index in [-0.39, 0.29) is 5.54 Å². The molecule has 0 rings (SSSR count). The third-order valence-corrected chi connectivity index (χ3v) is 0.512. The largest absolute Gasteiger partial charge is 0.255 e. The van der Waals surface area contributed by atoms with E-state index in [1.165, 1.54) is 5.12 Å². The van der Waals surface area contributed by atoms with Gasteiger partial charge in [-0.2, -0.15) is 5.12 Å². The summed E-state index contributed by atoms with van der Waals surface area (Å²) in [6.07, 6.45) is 0. The number of hydrogen-bond donors (Lipinski definition) is 2. The Bertz CT molecular complexity index is 62.6. The minimum absolute atomic E-state index is 0.0729. The molecular formula is C5H15N3. The molecular weight excluding hydrogens is 102 g/mol. The quantitative estimate of drug-likeness (QED) is 0.378. The van der Waals surface area contributed by atoms with E-state index in [1.807, 2.05) is 0 Å². The fourth-order valence-corrected chi connectivity index (χ4v) is 0.529. The summed E-state index contributed by atoms with van der Waals surface area (Å²) in [5.41, 5.74) is 3.07. The maximum atomic E-state index is 5.30. The highest BCUT2D eigenvalue weighted by Gasteiger charge is 2.08. The molecule has 0 bridgehead atoms. The second-order valence-corrected chi connectivity index (χ2v) is 2.97. The average Bonchev–Trinajstić information content (AvgIpc) is 1.21. The summed E-state index contributed by atoms with van der Waals surface area (Å²) in [5.74, 6) is 5.30. The lowest BCUT2D eigenvalue weighted by molar-refractivity contribution is 0.165. The van der Waals surface area contributed by atoms with Crippen molar-refractivity contribution in [1.29, 1.82) is 0 Å². The van der Waals surface area contributed by atoms with E-state index in [1.54, 1.807) is 7.05 Å². The number of nitrogens with two attached hydrogens (primary N) is 1. The second kappa shape index (κ2) is 2.44. The van der Waals surface area contributed by atoms with Gasteiger partial charge in [-0.15, -0.1) is 0 Å². The lowest BCUT2D eigenvalue weighted by Crippen LogP contribution is -2.50. The van der Waals surface area contributed by atoms with Crippen LogP contribution in [0.3, 0.4) is 0 Å². The van der Waals surface area contributed by atoms with Crippen LogP contribution in [0.5, 0.6) is 0 Å². The first kappa shape index (κ1) is 7.88. The van der Waals surface area contributed by atoms with E-state index in [9.17, 15) is 0 Å². The monoisotopic (exact) mass is 117 g/mol. The summed E-state index contributed by atoms with van der Waals surface area (Å²) in [4.78, 5) is 0. The Hall–Kier alpha value is -0.120. The first-order chi connectivity index (χ1) is 3.42. The fraction of sp³-hybridized carbons (Fsp3) is 1.00. The maximum absolute atomic E-state index is 5.30. The Morgan fingerprint density at radius 3 is 1.75 bits per heavy atom. The Balaban J connectivity index is 3.39. The molecule has 0 atom stereocenters. The molecule has 8 heavy (non-hydrogen) atoms. The van der Waals surface area contributed by atoms with Crippen LogP contribution in [0.2, 0.25) is 0 Å². The topological polar surface area (TPSA) is 41.3 Å². The standard InChI is InChI=1S/C5H15N3/c1-5(2,3)7-8(4)6/h7H,6H2,1-4H3. The van der Waals surface area contributed by atoms with Gasteiger partial charge in [0.15, 0.2) is 0 Å². The highest BCUT2D eigenvalue weighted by Crippen LogP contribution is 1.96. The molecule has 0 aromatic rings. The van der Waals surface area contributed by atoms with Crippen molar-refractivity contribution in [2.75, 3.05) is 7.05 Å². The normalized spacial score (nSPS) is 12.8. The zero-order valence-corrected chi connectivity index (χ0v) is 6.02. The first-order valence-electron chi connectivity index (χ1n) is 2.68. The summed E-state index contributed by atoms with van der Waals surface area (Å²) < 4.78 is 0. The SMILES string of the molecule is CN(N)NC(C)(C)C. The summed E-state index contributed by atoms with van der Waals surface area (Å²) in [7, 11) is 1.77. The Morgan fingerprint density at radius 2 is 1.75 bits per heavy atom. The predicted octanol–water partition coefficient (Wildman–Crippen LogP) is 0.0950. The van der Waals surface area contributed by atoms with Gasteiger partial charge in [0.05, 0.1) is 0 Å². The van der Waals surface area contributed by atoms with Crippen LogP contribution < -0.4 is 11.3 Å². The molecule has 0 aliphatic heterocycles. The second-order valence-electron chi connectivity index (χ2n) is 2.97. The zero-order valence-electron chi connectivity index (χ0n) is 6.02.